The Morgan fingerprint density at radius 1 is 1.24 bits per heavy atom. The van der Waals surface area contributed by atoms with Gasteiger partial charge in [0.1, 0.15) is 5.75 Å². The van der Waals surface area contributed by atoms with Crippen LogP contribution in [0.25, 0.3) is 0 Å². The van der Waals surface area contributed by atoms with Crippen molar-refractivity contribution < 1.29 is 9.53 Å². The molecular weight excluding hydrogens is 356 g/mol. The second-order valence-electron chi connectivity index (χ2n) is 6.35. The van der Waals surface area contributed by atoms with Gasteiger partial charge >= 0.3 is 0 Å². The highest BCUT2D eigenvalue weighted by atomic mass is 35.5. The molecule has 142 valence electrons. The van der Waals surface area contributed by atoms with E-state index in [0.717, 1.165) is 31.6 Å². The second-order valence-corrected chi connectivity index (χ2v) is 7.42. The van der Waals surface area contributed by atoms with Crippen LogP contribution in [0.3, 0.4) is 0 Å². The van der Waals surface area contributed by atoms with E-state index >= 15 is 0 Å². The van der Waals surface area contributed by atoms with E-state index in [-0.39, 0.29) is 17.5 Å². The van der Waals surface area contributed by atoms with Crippen molar-refractivity contribution in [2.75, 3.05) is 37.7 Å². The number of likely N-dealkylation sites (tertiary alicyclic amines) is 1. The Kier molecular flexibility index (Phi) is 11.0. The number of nitrogen functional groups attached to an aromatic ring is 1. The summed E-state index contributed by atoms with van der Waals surface area (Å²) in [7, 11) is 0. The van der Waals surface area contributed by atoms with Crippen LogP contribution in [0.5, 0.6) is 5.75 Å². The van der Waals surface area contributed by atoms with Crippen LogP contribution < -0.4 is 10.5 Å². The molecule has 0 radical (unpaired) electrons. The topological polar surface area (TPSA) is 55.6 Å². The van der Waals surface area contributed by atoms with Gasteiger partial charge in [-0.1, -0.05) is 31.5 Å². The maximum Gasteiger partial charge on any atom is 0.223 e. The SMILES string of the molecule is CCCCOc1cc(N)ccc1C(=O)SCCCN1CCCCC1.Cl. The maximum absolute atomic E-state index is 12.5. The summed E-state index contributed by atoms with van der Waals surface area (Å²) in [6, 6.07) is 5.32. The molecule has 1 aromatic carbocycles. The number of carbonyl (C=O) groups excluding carboxylic acids is 1. The van der Waals surface area contributed by atoms with Crippen molar-refractivity contribution in [3.05, 3.63) is 23.8 Å². The molecule has 0 atom stereocenters. The fourth-order valence-electron chi connectivity index (χ4n) is 2.87. The first kappa shape index (κ1) is 22.1. The van der Waals surface area contributed by atoms with E-state index in [1.807, 2.05) is 0 Å². The van der Waals surface area contributed by atoms with Gasteiger partial charge in [-0.05, 0) is 57.5 Å². The summed E-state index contributed by atoms with van der Waals surface area (Å²) in [6.45, 7) is 6.27. The van der Waals surface area contributed by atoms with Crippen LogP contribution in [-0.2, 0) is 0 Å². The van der Waals surface area contributed by atoms with Crippen molar-refractivity contribution in [1.29, 1.82) is 0 Å². The lowest BCUT2D eigenvalue weighted by Crippen LogP contribution is -2.30. The zero-order chi connectivity index (χ0) is 17.2. The van der Waals surface area contributed by atoms with Crippen molar-refractivity contribution in [2.24, 2.45) is 0 Å². The van der Waals surface area contributed by atoms with E-state index in [1.165, 1.54) is 44.1 Å². The summed E-state index contributed by atoms with van der Waals surface area (Å²) in [5.41, 5.74) is 7.11. The van der Waals surface area contributed by atoms with Crippen molar-refractivity contribution in [2.45, 2.75) is 45.4 Å². The van der Waals surface area contributed by atoms with Gasteiger partial charge in [-0.15, -0.1) is 12.4 Å². The lowest BCUT2D eigenvalue weighted by Gasteiger charge is -2.26. The van der Waals surface area contributed by atoms with E-state index in [9.17, 15) is 4.79 Å². The summed E-state index contributed by atoms with van der Waals surface area (Å²) in [5.74, 6) is 1.48. The van der Waals surface area contributed by atoms with Crippen molar-refractivity contribution >= 4 is 35.0 Å². The first-order valence-corrected chi connectivity index (χ1v) is 10.1. The molecule has 1 aliphatic heterocycles. The summed E-state index contributed by atoms with van der Waals surface area (Å²) < 4.78 is 5.76. The third kappa shape index (κ3) is 7.89. The molecule has 2 rings (SSSR count). The number of nitrogens with two attached hydrogens (primary N) is 1. The molecule has 0 bridgehead atoms. The molecule has 2 N–H and O–H groups in total. The fraction of sp³-hybridized carbons (Fsp3) is 0.632. The highest BCUT2D eigenvalue weighted by Crippen LogP contribution is 2.26. The summed E-state index contributed by atoms with van der Waals surface area (Å²) in [6.07, 6.45) is 7.09. The van der Waals surface area contributed by atoms with Crippen molar-refractivity contribution in [3.8, 4) is 5.75 Å². The van der Waals surface area contributed by atoms with Crippen LogP contribution >= 0.6 is 24.2 Å². The number of hydrogen-bond donors (Lipinski definition) is 1. The Balaban J connectivity index is 0.00000312. The minimum absolute atomic E-state index is 0. The largest absolute Gasteiger partial charge is 0.493 e. The van der Waals surface area contributed by atoms with Crippen molar-refractivity contribution in [3.63, 3.8) is 0 Å². The number of benzene rings is 1. The second kappa shape index (κ2) is 12.4. The predicted molar refractivity (Wildman–Crippen MR) is 110 cm³/mol. The van der Waals surface area contributed by atoms with Gasteiger partial charge in [-0.3, -0.25) is 4.79 Å². The average molecular weight is 387 g/mol. The van der Waals surface area contributed by atoms with Crippen LogP contribution in [0.1, 0.15) is 55.8 Å². The van der Waals surface area contributed by atoms with E-state index in [4.69, 9.17) is 10.5 Å². The molecule has 1 aliphatic rings. The maximum atomic E-state index is 12.5. The molecule has 1 heterocycles. The van der Waals surface area contributed by atoms with Gasteiger partial charge in [0.05, 0.1) is 12.2 Å². The van der Waals surface area contributed by atoms with Gasteiger partial charge in [0, 0.05) is 17.5 Å². The molecule has 1 fully saturated rings. The molecule has 0 amide bonds. The molecular formula is C19H31ClN2O2S. The number of carbonyl (C=O) groups is 1. The molecule has 1 saturated heterocycles. The number of piperidine rings is 1. The molecule has 0 saturated carbocycles. The predicted octanol–water partition coefficient (Wildman–Crippen LogP) is 4.62. The van der Waals surface area contributed by atoms with Gasteiger partial charge in [0.2, 0.25) is 5.12 Å². The Hall–Kier alpha value is -0.910. The highest BCUT2D eigenvalue weighted by Gasteiger charge is 2.14. The van der Waals surface area contributed by atoms with E-state index in [1.54, 1.807) is 18.2 Å². The molecule has 0 aromatic heterocycles. The van der Waals surface area contributed by atoms with E-state index in [0.29, 0.717) is 23.6 Å². The first-order valence-electron chi connectivity index (χ1n) is 9.12. The minimum atomic E-state index is 0. The molecule has 1 aromatic rings. The number of halogens is 1. The lowest BCUT2D eigenvalue weighted by atomic mass is 10.1. The van der Waals surface area contributed by atoms with Crippen LogP contribution in [0, 0.1) is 0 Å². The van der Waals surface area contributed by atoms with Gasteiger partial charge in [-0.2, -0.15) is 0 Å². The lowest BCUT2D eigenvalue weighted by molar-refractivity contribution is 0.108. The Bertz CT molecular complexity index is 522. The summed E-state index contributed by atoms with van der Waals surface area (Å²) >= 11 is 1.39. The zero-order valence-corrected chi connectivity index (χ0v) is 16.8. The molecule has 0 spiro atoms. The first-order chi connectivity index (χ1) is 11.7. The van der Waals surface area contributed by atoms with Gasteiger partial charge in [-0.25, -0.2) is 0 Å². The molecule has 0 unspecified atom stereocenters. The number of hydrogen-bond acceptors (Lipinski definition) is 5. The van der Waals surface area contributed by atoms with Crippen LogP contribution in [0.2, 0.25) is 0 Å². The molecule has 6 heteroatoms. The molecule has 4 nitrogen and oxygen atoms in total. The number of ether oxygens (including phenoxy) is 1. The molecule has 0 aliphatic carbocycles. The molecule has 25 heavy (non-hydrogen) atoms. The third-order valence-corrected chi connectivity index (χ3v) is 5.26. The zero-order valence-electron chi connectivity index (χ0n) is 15.2. The highest BCUT2D eigenvalue weighted by molar-refractivity contribution is 8.14. The Labute approximate surface area is 162 Å². The summed E-state index contributed by atoms with van der Waals surface area (Å²) in [5, 5.41) is 0.0835. The Morgan fingerprint density at radius 2 is 2.00 bits per heavy atom. The number of unbranched alkanes of at least 4 members (excludes halogenated alkanes) is 1. The van der Waals surface area contributed by atoms with Crippen LogP contribution in [0.4, 0.5) is 5.69 Å². The minimum Gasteiger partial charge on any atom is -0.493 e. The third-order valence-electron chi connectivity index (χ3n) is 4.28. The van der Waals surface area contributed by atoms with Gasteiger partial charge < -0.3 is 15.4 Å². The smallest absolute Gasteiger partial charge is 0.223 e. The van der Waals surface area contributed by atoms with Gasteiger partial charge in [0.25, 0.3) is 0 Å². The standard InChI is InChI=1S/C19H30N2O2S.ClH/c1-2-3-13-23-18-15-16(20)8-9-17(18)19(22)24-14-7-12-21-10-5-4-6-11-21;/h8-9,15H,2-7,10-14,20H2,1H3;1H. The van der Waals surface area contributed by atoms with Crippen LogP contribution in [-0.4, -0.2) is 42.0 Å². The van der Waals surface area contributed by atoms with Crippen molar-refractivity contribution in [1.82, 2.24) is 4.90 Å². The normalized spacial score (nSPS) is 14.8. The number of nitrogens with zero attached hydrogens (tertiary/aromatic N) is 1. The van der Waals surface area contributed by atoms with E-state index < -0.39 is 0 Å². The average Bonchev–Trinajstić information content (AvgIpc) is 2.60. The van der Waals surface area contributed by atoms with Gasteiger partial charge in [0.15, 0.2) is 0 Å². The number of anilines is 1. The quantitative estimate of drug-likeness (QED) is 0.495. The summed E-state index contributed by atoms with van der Waals surface area (Å²) in [4.78, 5) is 15.0. The number of thioether (sulfide) groups is 1. The van der Waals surface area contributed by atoms with Crippen LogP contribution in [0.15, 0.2) is 18.2 Å². The van der Waals surface area contributed by atoms with E-state index in [2.05, 4.69) is 11.8 Å². The Morgan fingerprint density at radius 3 is 2.72 bits per heavy atom. The monoisotopic (exact) mass is 386 g/mol. The fourth-order valence-corrected chi connectivity index (χ4v) is 3.65. The number of rotatable bonds is 9.